The molecule has 31 heavy (non-hydrogen) atoms. The van der Waals surface area contributed by atoms with Gasteiger partial charge in [-0.1, -0.05) is 90.5 Å². The topological polar surface area (TPSA) is 66.4 Å². The number of carboxylic acids is 1. The van der Waals surface area contributed by atoms with Gasteiger partial charge >= 0.3 is 5.97 Å². The van der Waals surface area contributed by atoms with Crippen LogP contribution in [0.15, 0.2) is 97.1 Å². The first-order valence-corrected chi connectivity index (χ1v) is 10.5. The quantitative estimate of drug-likeness (QED) is 0.507. The molecule has 0 fully saturated rings. The van der Waals surface area contributed by atoms with Gasteiger partial charge in [-0.25, -0.2) is 0 Å². The summed E-state index contributed by atoms with van der Waals surface area (Å²) in [6, 6.07) is 25.9. The number of hydrogen-bond acceptors (Lipinski definition) is 2. The molecule has 3 aromatic carbocycles. The van der Waals surface area contributed by atoms with Crippen LogP contribution in [-0.4, -0.2) is 17.0 Å². The Balaban J connectivity index is 1.77. The number of allylic oxidation sites excluding steroid dienone is 2. The van der Waals surface area contributed by atoms with Crippen LogP contribution >= 0.6 is 11.6 Å². The van der Waals surface area contributed by atoms with Gasteiger partial charge in [0, 0.05) is 22.5 Å². The normalized spacial score (nSPS) is 22.6. The first-order valence-electron chi connectivity index (χ1n) is 10.1. The molecule has 4 atom stereocenters. The van der Waals surface area contributed by atoms with Gasteiger partial charge in [-0.2, -0.15) is 0 Å². The summed E-state index contributed by atoms with van der Waals surface area (Å²) in [4.78, 5) is 26.0. The summed E-state index contributed by atoms with van der Waals surface area (Å²) in [5, 5.41) is 13.6. The molecule has 0 unspecified atom stereocenters. The highest BCUT2D eigenvalue weighted by molar-refractivity contribution is 6.30. The minimum Gasteiger partial charge on any atom is -0.481 e. The summed E-state index contributed by atoms with van der Waals surface area (Å²) in [6.45, 7) is 0. The molecule has 1 amide bonds. The smallest absolute Gasteiger partial charge is 0.308 e. The molecule has 4 rings (SSSR count). The van der Waals surface area contributed by atoms with Crippen molar-refractivity contribution >= 4 is 29.2 Å². The van der Waals surface area contributed by atoms with Crippen LogP contribution in [0.4, 0.5) is 5.69 Å². The number of carboxylic acid groups (broad SMARTS) is 1. The van der Waals surface area contributed by atoms with Gasteiger partial charge in [-0.3, -0.25) is 9.59 Å². The lowest BCUT2D eigenvalue weighted by molar-refractivity contribution is -0.147. The van der Waals surface area contributed by atoms with Gasteiger partial charge in [0.15, 0.2) is 0 Å². The maximum atomic E-state index is 13.5. The predicted octanol–water partition coefficient (Wildman–Crippen LogP) is 5.73. The van der Waals surface area contributed by atoms with E-state index in [1.807, 2.05) is 72.8 Å². The van der Waals surface area contributed by atoms with E-state index >= 15 is 0 Å². The Morgan fingerprint density at radius 3 is 1.81 bits per heavy atom. The number of rotatable bonds is 5. The molecule has 0 aliphatic heterocycles. The summed E-state index contributed by atoms with van der Waals surface area (Å²) in [5.74, 6) is -3.82. The fourth-order valence-corrected chi connectivity index (χ4v) is 4.53. The van der Waals surface area contributed by atoms with E-state index < -0.39 is 23.7 Å². The third-order valence-electron chi connectivity index (χ3n) is 5.74. The molecule has 0 heterocycles. The van der Waals surface area contributed by atoms with Crippen molar-refractivity contribution in [3.63, 3.8) is 0 Å². The summed E-state index contributed by atoms with van der Waals surface area (Å²) in [7, 11) is 0. The van der Waals surface area contributed by atoms with Crippen LogP contribution in [0.5, 0.6) is 0 Å². The van der Waals surface area contributed by atoms with Crippen molar-refractivity contribution in [2.75, 3.05) is 5.32 Å². The highest BCUT2D eigenvalue weighted by atomic mass is 35.5. The van der Waals surface area contributed by atoms with Gasteiger partial charge in [0.1, 0.15) is 0 Å². The largest absolute Gasteiger partial charge is 0.481 e. The molecular formula is C26H22ClNO3. The van der Waals surface area contributed by atoms with Crippen LogP contribution in [0.2, 0.25) is 5.02 Å². The standard InChI is InChI=1S/C26H22ClNO3/c27-19-12-7-13-20(16-19)28-25(29)23-21(17-8-3-1-4-9-17)14-15-22(24(23)26(30)31)18-10-5-2-6-11-18/h1-16,21-24H,(H,28,29)(H,30,31)/t21-,22+,23-,24-/m1/s1. The minimum atomic E-state index is -0.995. The van der Waals surface area contributed by atoms with Crippen LogP contribution in [0.25, 0.3) is 0 Å². The number of carbonyl (C=O) groups is 2. The molecule has 0 bridgehead atoms. The van der Waals surface area contributed by atoms with Crippen molar-refractivity contribution in [3.8, 4) is 0 Å². The molecule has 0 radical (unpaired) electrons. The third-order valence-corrected chi connectivity index (χ3v) is 5.97. The molecule has 156 valence electrons. The fourth-order valence-electron chi connectivity index (χ4n) is 4.34. The highest BCUT2D eigenvalue weighted by Gasteiger charge is 2.46. The number of benzene rings is 3. The van der Waals surface area contributed by atoms with Crippen molar-refractivity contribution in [2.45, 2.75) is 11.8 Å². The zero-order chi connectivity index (χ0) is 21.8. The van der Waals surface area contributed by atoms with E-state index in [1.165, 1.54) is 0 Å². The van der Waals surface area contributed by atoms with Crippen molar-refractivity contribution < 1.29 is 14.7 Å². The molecule has 0 saturated heterocycles. The molecule has 1 aliphatic carbocycles. The molecule has 5 heteroatoms. The number of anilines is 1. The van der Waals surface area contributed by atoms with E-state index in [2.05, 4.69) is 5.32 Å². The first-order chi connectivity index (χ1) is 15.0. The van der Waals surface area contributed by atoms with E-state index in [1.54, 1.807) is 24.3 Å². The summed E-state index contributed by atoms with van der Waals surface area (Å²) in [6.07, 6.45) is 3.89. The van der Waals surface area contributed by atoms with Gasteiger partial charge in [-0.15, -0.1) is 0 Å². The van der Waals surface area contributed by atoms with Gasteiger partial charge < -0.3 is 10.4 Å². The third kappa shape index (κ3) is 4.54. The van der Waals surface area contributed by atoms with Crippen molar-refractivity contribution in [1.29, 1.82) is 0 Å². The average molecular weight is 432 g/mol. The Bertz CT molecular complexity index is 1100. The molecule has 2 N–H and O–H groups in total. The first kappa shape index (κ1) is 20.9. The van der Waals surface area contributed by atoms with Crippen LogP contribution in [0.3, 0.4) is 0 Å². The Morgan fingerprint density at radius 2 is 1.29 bits per heavy atom. The lowest BCUT2D eigenvalue weighted by Crippen LogP contribution is -2.42. The van der Waals surface area contributed by atoms with Crippen molar-refractivity contribution in [2.24, 2.45) is 11.8 Å². The second-order valence-electron chi connectivity index (χ2n) is 7.65. The Kier molecular flexibility index (Phi) is 6.19. The molecule has 0 aromatic heterocycles. The maximum Gasteiger partial charge on any atom is 0.308 e. The van der Waals surface area contributed by atoms with E-state index in [0.29, 0.717) is 10.7 Å². The van der Waals surface area contributed by atoms with Crippen LogP contribution < -0.4 is 5.32 Å². The van der Waals surface area contributed by atoms with E-state index in [9.17, 15) is 14.7 Å². The SMILES string of the molecule is O=C(Nc1cccc(Cl)c1)[C@H]1[C@H](C(=O)O)[C@H](c2ccccc2)C=C[C@@H]1c1ccccc1. The van der Waals surface area contributed by atoms with Crippen molar-refractivity contribution in [3.05, 3.63) is 113 Å². The number of carbonyl (C=O) groups excluding carboxylic acids is 1. The fraction of sp³-hybridized carbons (Fsp3) is 0.154. The molecule has 0 saturated carbocycles. The summed E-state index contributed by atoms with van der Waals surface area (Å²) >= 11 is 6.06. The Morgan fingerprint density at radius 1 is 0.742 bits per heavy atom. The monoisotopic (exact) mass is 431 g/mol. The summed E-state index contributed by atoms with van der Waals surface area (Å²) in [5.41, 5.74) is 2.32. The Hall–Kier alpha value is -3.37. The maximum absolute atomic E-state index is 13.5. The number of halogens is 1. The number of hydrogen-bond donors (Lipinski definition) is 2. The predicted molar refractivity (Wildman–Crippen MR) is 122 cm³/mol. The second-order valence-corrected chi connectivity index (χ2v) is 8.08. The minimum absolute atomic E-state index is 0.339. The highest BCUT2D eigenvalue weighted by Crippen LogP contribution is 2.45. The van der Waals surface area contributed by atoms with Gasteiger partial charge in [-0.05, 0) is 29.3 Å². The summed E-state index contributed by atoms with van der Waals surface area (Å²) < 4.78 is 0. The van der Waals surface area contributed by atoms with Gasteiger partial charge in [0.2, 0.25) is 5.91 Å². The zero-order valence-electron chi connectivity index (χ0n) is 16.7. The van der Waals surface area contributed by atoms with Gasteiger partial charge in [0.25, 0.3) is 0 Å². The van der Waals surface area contributed by atoms with E-state index in [0.717, 1.165) is 11.1 Å². The van der Waals surface area contributed by atoms with E-state index in [4.69, 9.17) is 11.6 Å². The number of nitrogens with one attached hydrogen (secondary N) is 1. The van der Waals surface area contributed by atoms with E-state index in [-0.39, 0.29) is 11.8 Å². The van der Waals surface area contributed by atoms with Crippen LogP contribution in [0, 0.1) is 11.8 Å². The van der Waals surface area contributed by atoms with Crippen LogP contribution in [-0.2, 0) is 9.59 Å². The number of aliphatic carboxylic acids is 1. The zero-order valence-corrected chi connectivity index (χ0v) is 17.4. The molecule has 4 nitrogen and oxygen atoms in total. The molecule has 1 aliphatic rings. The Labute approximate surface area is 186 Å². The molecule has 0 spiro atoms. The average Bonchev–Trinajstić information content (AvgIpc) is 2.79. The second kappa shape index (κ2) is 9.19. The lowest BCUT2D eigenvalue weighted by Gasteiger charge is -2.37. The number of amides is 1. The van der Waals surface area contributed by atoms with Crippen molar-refractivity contribution in [1.82, 2.24) is 0 Å². The lowest BCUT2D eigenvalue weighted by atomic mass is 9.66. The molecular weight excluding hydrogens is 410 g/mol. The molecule has 3 aromatic rings. The van der Waals surface area contributed by atoms with Gasteiger partial charge in [0.05, 0.1) is 11.8 Å². The van der Waals surface area contributed by atoms with Crippen LogP contribution in [0.1, 0.15) is 23.0 Å².